The molecule has 0 aliphatic carbocycles. The predicted molar refractivity (Wildman–Crippen MR) is 176 cm³/mol. The minimum atomic E-state index is -0.419. The Bertz CT molecular complexity index is 1700. The van der Waals surface area contributed by atoms with Gasteiger partial charge in [-0.1, -0.05) is 11.6 Å². The number of rotatable bonds is 10. The van der Waals surface area contributed by atoms with Crippen molar-refractivity contribution in [3.8, 4) is 0 Å². The van der Waals surface area contributed by atoms with Crippen LogP contribution in [0.3, 0.4) is 0 Å². The molecular weight excluding hydrogens is 624 g/mol. The molecule has 5 rings (SSSR count). The van der Waals surface area contributed by atoms with E-state index in [9.17, 15) is 19.2 Å². The Morgan fingerprint density at radius 3 is 1.70 bits per heavy atom. The van der Waals surface area contributed by atoms with Gasteiger partial charge < -0.3 is 35.0 Å². The van der Waals surface area contributed by atoms with Crippen LogP contribution < -0.4 is 21.3 Å². The molecule has 0 bridgehead atoms. The highest BCUT2D eigenvalue weighted by molar-refractivity contribution is 7.99. The number of hydrogen-bond acceptors (Lipinski definition) is 7. The zero-order valence-corrected chi connectivity index (χ0v) is 26.9. The second kappa shape index (κ2) is 13.8. The van der Waals surface area contributed by atoms with Crippen LogP contribution in [-0.4, -0.2) is 79.9 Å². The molecule has 0 unspecified atom stereocenters. The molecule has 12 nitrogen and oxygen atoms in total. The summed E-state index contributed by atoms with van der Waals surface area (Å²) in [4.78, 5) is 54.1. The highest BCUT2D eigenvalue weighted by Crippen LogP contribution is 2.24. The molecule has 15 heteroatoms. The lowest BCUT2D eigenvalue weighted by Crippen LogP contribution is -2.39. The number of carbonyl (C=O) groups excluding carboxylic acids is 4. The van der Waals surface area contributed by atoms with E-state index in [1.165, 1.54) is 11.3 Å². The van der Waals surface area contributed by atoms with Crippen molar-refractivity contribution in [2.45, 2.75) is 0 Å². The Morgan fingerprint density at radius 1 is 0.750 bits per heavy atom. The third kappa shape index (κ3) is 7.38. The number of anilines is 3. The van der Waals surface area contributed by atoms with E-state index in [0.29, 0.717) is 50.6 Å². The van der Waals surface area contributed by atoms with Crippen molar-refractivity contribution in [1.82, 2.24) is 23.9 Å². The minimum absolute atomic E-state index is 0.207. The lowest BCUT2D eigenvalue weighted by atomic mass is 10.3. The number of amides is 4. The Balaban J connectivity index is 1.17. The summed E-state index contributed by atoms with van der Waals surface area (Å²) in [6.45, 7) is 3.42. The molecule has 1 fully saturated rings. The van der Waals surface area contributed by atoms with E-state index in [-0.39, 0.29) is 11.8 Å². The monoisotopic (exact) mass is 656 g/mol. The SMILES string of the molecule is Cn1cc(NC(=O)c2cc(NC(=O)c3cc(NC(=O)c4sccc4Cl)cn3C)cn2C)cc1C(=O)NCCN1CCSCC1. The lowest BCUT2D eigenvalue weighted by Gasteiger charge is -2.25. The summed E-state index contributed by atoms with van der Waals surface area (Å²) in [5, 5.41) is 13.4. The molecule has 0 atom stereocenters. The van der Waals surface area contributed by atoms with E-state index < -0.39 is 11.8 Å². The summed E-state index contributed by atoms with van der Waals surface area (Å²) in [7, 11) is 5.14. The topological polar surface area (TPSA) is 134 Å². The molecule has 44 heavy (non-hydrogen) atoms. The molecule has 5 heterocycles. The Kier molecular flexibility index (Phi) is 9.84. The van der Waals surface area contributed by atoms with Gasteiger partial charge in [0.1, 0.15) is 22.0 Å². The van der Waals surface area contributed by atoms with Gasteiger partial charge in [0.25, 0.3) is 23.6 Å². The number of thiophene rings is 1. The van der Waals surface area contributed by atoms with Crippen molar-refractivity contribution in [2.24, 2.45) is 21.1 Å². The average Bonchev–Trinajstić information content (AvgIpc) is 3.76. The Morgan fingerprint density at radius 2 is 1.23 bits per heavy atom. The van der Waals surface area contributed by atoms with Gasteiger partial charge in [-0.3, -0.25) is 24.1 Å². The zero-order chi connectivity index (χ0) is 31.4. The van der Waals surface area contributed by atoms with Crippen molar-refractivity contribution in [3.05, 3.63) is 75.2 Å². The maximum absolute atomic E-state index is 13.1. The fourth-order valence-corrected chi connectivity index (χ4v) is 6.87. The lowest BCUT2D eigenvalue weighted by molar-refractivity contribution is 0.0938. The number of thioether (sulfide) groups is 1. The number of aryl methyl sites for hydroxylation is 3. The van der Waals surface area contributed by atoms with Crippen LogP contribution in [0.15, 0.2) is 48.2 Å². The number of hydrogen-bond donors (Lipinski definition) is 4. The summed E-state index contributed by atoms with van der Waals surface area (Å²) in [5.41, 5.74) is 2.38. The van der Waals surface area contributed by atoms with E-state index >= 15 is 0 Å². The van der Waals surface area contributed by atoms with Gasteiger partial charge in [-0.05, 0) is 29.6 Å². The fourth-order valence-electron chi connectivity index (χ4n) is 4.85. The minimum Gasteiger partial charge on any atom is -0.349 e. The molecule has 0 radical (unpaired) electrons. The first kappa shape index (κ1) is 31.4. The second-order valence-corrected chi connectivity index (χ2v) is 12.9. The maximum Gasteiger partial charge on any atom is 0.272 e. The van der Waals surface area contributed by atoms with E-state index in [2.05, 4.69) is 26.2 Å². The Hall–Kier alpha value is -3.98. The number of carbonyl (C=O) groups is 4. The van der Waals surface area contributed by atoms with E-state index in [1.807, 2.05) is 11.8 Å². The molecule has 0 saturated carbocycles. The van der Waals surface area contributed by atoms with Crippen molar-refractivity contribution in [1.29, 1.82) is 0 Å². The summed E-state index contributed by atoms with van der Waals surface area (Å²) in [6.07, 6.45) is 4.93. The highest BCUT2D eigenvalue weighted by atomic mass is 35.5. The van der Waals surface area contributed by atoms with Crippen LogP contribution in [0.4, 0.5) is 17.1 Å². The van der Waals surface area contributed by atoms with Gasteiger partial charge in [0.2, 0.25) is 0 Å². The number of aromatic nitrogens is 3. The molecule has 1 aliphatic heterocycles. The normalized spacial score (nSPS) is 13.5. The van der Waals surface area contributed by atoms with Crippen molar-refractivity contribution in [2.75, 3.05) is 53.6 Å². The third-order valence-corrected chi connectivity index (χ3v) is 9.41. The van der Waals surface area contributed by atoms with Gasteiger partial charge in [0.15, 0.2) is 0 Å². The van der Waals surface area contributed by atoms with E-state index in [0.717, 1.165) is 31.1 Å². The third-order valence-electron chi connectivity index (χ3n) is 7.13. The maximum atomic E-state index is 13.1. The van der Waals surface area contributed by atoms with Gasteiger partial charge in [0.05, 0.1) is 22.1 Å². The molecule has 4 amide bonds. The molecule has 0 spiro atoms. The van der Waals surface area contributed by atoms with Crippen molar-refractivity contribution >= 4 is 75.4 Å². The van der Waals surface area contributed by atoms with Crippen molar-refractivity contribution in [3.63, 3.8) is 0 Å². The van der Waals surface area contributed by atoms with Crippen LogP contribution in [0.2, 0.25) is 5.02 Å². The van der Waals surface area contributed by atoms with Gasteiger partial charge in [-0.2, -0.15) is 11.8 Å². The summed E-state index contributed by atoms with van der Waals surface area (Å²) >= 11 is 9.22. The van der Waals surface area contributed by atoms with Crippen LogP contribution >= 0.6 is 34.7 Å². The van der Waals surface area contributed by atoms with Gasteiger partial charge in [-0.25, -0.2) is 0 Å². The second-order valence-electron chi connectivity index (χ2n) is 10.3. The smallest absolute Gasteiger partial charge is 0.272 e. The van der Waals surface area contributed by atoms with Gasteiger partial charge >= 0.3 is 0 Å². The van der Waals surface area contributed by atoms with Gasteiger partial charge in [0, 0.05) is 77.4 Å². The molecule has 4 aromatic heterocycles. The first-order valence-electron chi connectivity index (χ1n) is 13.8. The largest absolute Gasteiger partial charge is 0.349 e. The molecule has 232 valence electrons. The van der Waals surface area contributed by atoms with Crippen LogP contribution in [0, 0.1) is 0 Å². The Labute approximate surface area is 267 Å². The molecule has 0 aromatic carbocycles. The van der Waals surface area contributed by atoms with Crippen LogP contribution in [0.25, 0.3) is 0 Å². The summed E-state index contributed by atoms with van der Waals surface area (Å²) < 4.78 is 4.86. The molecule has 1 aliphatic rings. The van der Waals surface area contributed by atoms with Gasteiger partial charge in [-0.15, -0.1) is 11.3 Å². The molecule has 4 aromatic rings. The first-order valence-corrected chi connectivity index (χ1v) is 16.2. The molecule has 4 N–H and O–H groups in total. The number of halogens is 1. The summed E-state index contributed by atoms with van der Waals surface area (Å²) in [5.74, 6) is 0.848. The van der Waals surface area contributed by atoms with E-state index in [1.54, 1.807) is 83.1 Å². The molecule has 1 saturated heterocycles. The summed E-state index contributed by atoms with van der Waals surface area (Å²) in [6, 6.07) is 6.40. The number of nitrogens with zero attached hydrogens (tertiary/aromatic N) is 4. The molecular formula is C29H33ClN8O4S2. The highest BCUT2D eigenvalue weighted by Gasteiger charge is 2.20. The predicted octanol–water partition coefficient (Wildman–Crippen LogP) is 3.95. The van der Waals surface area contributed by atoms with E-state index in [4.69, 9.17) is 11.6 Å². The quantitative estimate of drug-likeness (QED) is 0.204. The first-order chi connectivity index (χ1) is 21.1. The number of nitrogens with one attached hydrogen (secondary N) is 4. The van der Waals surface area contributed by atoms with Crippen molar-refractivity contribution < 1.29 is 19.2 Å². The van der Waals surface area contributed by atoms with Crippen LogP contribution in [0.5, 0.6) is 0 Å². The fraction of sp³-hybridized carbons (Fsp3) is 0.310. The van der Waals surface area contributed by atoms with Crippen LogP contribution in [-0.2, 0) is 21.1 Å². The van der Waals surface area contributed by atoms with Crippen LogP contribution in [0.1, 0.15) is 41.1 Å². The standard InChI is InChI=1S/C29H33ClN8O4S2/c1-35-15-18(12-22(35)26(39)31-5-6-38-7-10-43-11-8-38)32-27(40)23-13-19(16-36(23)2)33-28(41)24-14-20(17-37(24)3)34-29(42)25-21(30)4-9-44-25/h4,9,12-17H,5-8,10-11H2,1-3H3,(H,31,39)(H,32,40)(H,33,41)(H,34,42). The zero-order valence-electron chi connectivity index (χ0n) is 24.5. The average molecular weight is 657 g/mol.